The fraction of sp³-hybridized carbons (Fsp3) is 0.154. The van der Waals surface area contributed by atoms with E-state index in [-0.39, 0.29) is 0 Å². The summed E-state index contributed by atoms with van der Waals surface area (Å²) >= 11 is 0. The molecule has 0 spiro atoms. The quantitative estimate of drug-likeness (QED) is 0.295. The van der Waals surface area contributed by atoms with E-state index >= 15 is 0 Å². The zero-order chi connectivity index (χ0) is 17.7. The lowest BCUT2D eigenvalue weighted by Crippen LogP contribution is -1.93. The van der Waals surface area contributed by atoms with Gasteiger partial charge in [-0.1, -0.05) is 50.2 Å². The zero-order valence-corrected chi connectivity index (χ0v) is 15.3. The van der Waals surface area contributed by atoms with Crippen molar-refractivity contribution in [2.45, 2.75) is 26.7 Å². The van der Waals surface area contributed by atoms with E-state index < -0.39 is 0 Å². The molecule has 0 saturated carbocycles. The largest absolute Gasteiger partial charge is 0.0616 e. The molecule has 0 heterocycles. The third kappa shape index (κ3) is 2.29. The Morgan fingerprint density at radius 3 is 1.62 bits per heavy atom. The number of hydrogen-bond donors (Lipinski definition) is 0. The first-order chi connectivity index (χ1) is 12.8. The minimum Gasteiger partial charge on any atom is -0.0616 e. The number of fused-ring (bicyclic) bond motifs is 4. The third-order valence-corrected chi connectivity index (χ3v) is 5.74. The van der Waals surface area contributed by atoms with Gasteiger partial charge in [0, 0.05) is 0 Å². The molecule has 0 N–H and O–H groups in total. The maximum absolute atomic E-state index is 2.40. The maximum atomic E-state index is 2.40. The van der Waals surface area contributed by atoms with E-state index in [2.05, 4.69) is 86.6 Å². The molecule has 0 aliphatic carbocycles. The van der Waals surface area contributed by atoms with Crippen LogP contribution < -0.4 is 0 Å². The van der Waals surface area contributed by atoms with Gasteiger partial charge in [-0.05, 0) is 103 Å². The van der Waals surface area contributed by atoms with E-state index in [1.165, 1.54) is 54.2 Å². The van der Waals surface area contributed by atoms with Gasteiger partial charge < -0.3 is 0 Å². The van der Waals surface area contributed by atoms with Gasteiger partial charge >= 0.3 is 0 Å². The third-order valence-electron chi connectivity index (χ3n) is 5.74. The summed E-state index contributed by atoms with van der Waals surface area (Å²) in [6, 6.07) is 27.3. The van der Waals surface area contributed by atoms with Crippen LogP contribution in [0.5, 0.6) is 0 Å². The first kappa shape index (κ1) is 15.4. The minimum atomic E-state index is 1.09. The van der Waals surface area contributed by atoms with E-state index in [1.54, 1.807) is 0 Å². The molecular formula is C26H22. The van der Waals surface area contributed by atoms with Crippen LogP contribution in [0.15, 0.2) is 72.8 Å². The highest BCUT2D eigenvalue weighted by molar-refractivity contribution is 6.08. The van der Waals surface area contributed by atoms with Gasteiger partial charge in [-0.3, -0.25) is 0 Å². The van der Waals surface area contributed by atoms with Crippen LogP contribution in [0.1, 0.15) is 25.0 Å². The fourth-order valence-electron chi connectivity index (χ4n) is 4.37. The molecule has 5 aromatic rings. The van der Waals surface area contributed by atoms with Crippen molar-refractivity contribution < 1.29 is 0 Å². The van der Waals surface area contributed by atoms with Crippen LogP contribution in [-0.2, 0) is 12.8 Å². The van der Waals surface area contributed by atoms with Crippen molar-refractivity contribution in [1.82, 2.24) is 0 Å². The molecular weight excluding hydrogens is 312 g/mol. The lowest BCUT2D eigenvalue weighted by Gasteiger charge is -2.12. The highest BCUT2D eigenvalue weighted by atomic mass is 14.1. The van der Waals surface area contributed by atoms with Gasteiger partial charge in [0.15, 0.2) is 0 Å². The summed E-state index contributed by atoms with van der Waals surface area (Å²) in [4.78, 5) is 0. The average molecular weight is 334 g/mol. The smallest absolute Gasteiger partial charge is 0.0143 e. The molecule has 0 radical (unpaired) electrons. The standard InChI is InChI=1S/C26H22/c1-3-17-9-10-20-13-23-14-21-11-18-7-5-6-8-19(18)12-22(21)15-24(23)16-26(20)25(17)4-2/h5-16H,3-4H2,1-2H3. The average Bonchev–Trinajstić information content (AvgIpc) is 2.68. The Balaban J connectivity index is 1.87. The predicted molar refractivity (Wildman–Crippen MR) is 115 cm³/mol. The monoisotopic (exact) mass is 334 g/mol. The van der Waals surface area contributed by atoms with Crippen molar-refractivity contribution in [3.05, 3.63) is 83.9 Å². The molecule has 0 saturated heterocycles. The summed E-state index contributed by atoms with van der Waals surface area (Å²) in [5.41, 5.74) is 2.98. The van der Waals surface area contributed by atoms with Gasteiger partial charge in [-0.25, -0.2) is 0 Å². The summed E-state index contributed by atoms with van der Waals surface area (Å²) in [5.74, 6) is 0. The molecule has 0 unspecified atom stereocenters. The van der Waals surface area contributed by atoms with Crippen LogP contribution in [-0.4, -0.2) is 0 Å². The lowest BCUT2D eigenvalue weighted by molar-refractivity contribution is 1.05. The van der Waals surface area contributed by atoms with Gasteiger partial charge in [0.05, 0.1) is 0 Å². The van der Waals surface area contributed by atoms with Gasteiger partial charge in [0.2, 0.25) is 0 Å². The molecule has 26 heavy (non-hydrogen) atoms. The molecule has 126 valence electrons. The minimum absolute atomic E-state index is 1.09. The van der Waals surface area contributed by atoms with E-state index in [4.69, 9.17) is 0 Å². The molecule has 5 rings (SSSR count). The highest BCUT2D eigenvalue weighted by Crippen LogP contribution is 2.32. The highest BCUT2D eigenvalue weighted by Gasteiger charge is 2.08. The zero-order valence-electron chi connectivity index (χ0n) is 15.3. The second-order valence-corrected chi connectivity index (χ2v) is 7.23. The first-order valence-electron chi connectivity index (χ1n) is 9.57. The molecule has 0 bridgehead atoms. The normalized spacial score (nSPS) is 11.8. The summed E-state index contributed by atoms with van der Waals surface area (Å²) in [6.07, 6.45) is 2.19. The van der Waals surface area contributed by atoms with Crippen molar-refractivity contribution in [2.75, 3.05) is 0 Å². The molecule has 0 heteroatoms. The Bertz CT molecular complexity index is 1290. The Labute approximate surface area is 154 Å². The molecule has 0 aromatic heterocycles. The van der Waals surface area contributed by atoms with Crippen LogP contribution in [0, 0.1) is 0 Å². The first-order valence-corrected chi connectivity index (χ1v) is 9.57. The Kier molecular flexibility index (Phi) is 3.46. The molecule has 0 aliphatic heterocycles. The molecule has 0 amide bonds. The van der Waals surface area contributed by atoms with Crippen molar-refractivity contribution in [3.63, 3.8) is 0 Å². The van der Waals surface area contributed by atoms with Gasteiger partial charge in [0.1, 0.15) is 0 Å². The molecule has 0 fully saturated rings. The van der Waals surface area contributed by atoms with Crippen LogP contribution in [0.3, 0.4) is 0 Å². The number of aryl methyl sites for hydroxylation is 2. The van der Waals surface area contributed by atoms with Gasteiger partial charge in [0.25, 0.3) is 0 Å². The number of rotatable bonds is 2. The summed E-state index contributed by atoms with van der Waals surface area (Å²) in [6.45, 7) is 4.52. The Morgan fingerprint density at radius 1 is 0.500 bits per heavy atom. The lowest BCUT2D eigenvalue weighted by atomic mass is 9.92. The second kappa shape index (κ2) is 5.85. The topological polar surface area (TPSA) is 0 Å². The molecule has 0 nitrogen and oxygen atoms in total. The van der Waals surface area contributed by atoms with E-state index in [0.29, 0.717) is 0 Å². The Morgan fingerprint density at radius 2 is 1.04 bits per heavy atom. The predicted octanol–water partition coefficient (Wildman–Crippen LogP) is 7.42. The van der Waals surface area contributed by atoms with Crippen molar-refractivity contribution in [3.8, 4) is 0 Å². The van der Waals surface area contributed by atoms with Crippen LogP contribution in [0.25, 0.3) is 43.1 Å². The number of benzene rings is 5. The molecule has 0 atom stereocenters. The number of hydrogen-bond acceptors (Lipinski definition) is 0. The van der Waals surface area contributed by atoms with Crippen molar-refractivity contribution >= 4 is 43.1 Å². The van der Waals surface area contributed by atoms with Crippen LogP contribution in [0.2, 0.25) is 0 Å². The SMILES string of the molecule is CCc1ccc2cc3cc4cc5ccccc5cc4cc3cc2c1CC. The summed E-state index contributed by atoms with van der Waals surface area (Å²) in [7, 11) is 0. The maximum Gasteiger partial charge on any atom is -0.0143 e. The van der Waals surface area contributed by atoms with Gasteiger partial charge in [-0.2, -0.15) is 0 Å². The van der Waals surface area contributed by atoms with E-state index in [0.717, 1.165) is 12.8 Å². The van der Waals surface area contributed by atoms with Crippen LogP contribution in [0.4, 0.5) is 0 Å². The second-order valence-electron chi connectivity index (χ2n) is 7.23. The van der Waals surface area contributed by atoms with Crippen molar-refractivity contribution in [1.29, 1.82) is 0 Å². The van der Waals surface area contributed by atoms with E-state index in [1.807, 2.05) is 0 Å². The van der Waals surface area contributed by atoms with E-state index in [9.17, 15) is 0 Å². The molecule has 0 aliphatic rings. The summed E-state index contributed by atoms with van der Waals surface area (Å²) < 4.78 is 0. The Hall–Kier alpha value is -2.86. The van der Waals surface area contributed by atoms with Crippen molar-refractivity contribution in [2.24, 2.45) is 0 Å². The van der Waals surface area contributed by atoms with Gasteiger partial charge in [-0.15, -0.1) is 0 Å². The van der Waals surface area contributed by atoms with Crippen LogP contribution >= 0.6 is 0 Å². The summed E-state index contributed by atoms with van der Waals surface area (Å²) in [5, 5.41) is 10.7. The fourth-order valence-corrected chi connectivity index (χ4v) is 4.37. The molecule has 5 aromatic carbocycles.